The number of likely N-dealkylation sites (tertiary alicyclic amines) is 1. The maximum absolute atomic E-state index is 12.9. The molecule has 5 nitrogen and oxygen atoms in total. The normalized spacial score (nSPS) is 23.4. The van der Waals surface area contributed by atoms with E-state index in [9.17, 15) is 13.2 Å². The molecule has 3 rings (SSSR count). The van der Waals surface area contributed by atoms with E-state index in [1.54, 1.807) is 12.1 Å². The van der Waals surface area contributed by atoms with Gasteiger partial charge in [-0.1, -0.05) is 19.1 Å². The highest BCUT2D eigenvalue weighted by Gasteiger charge is 2.33. The Balaban J connectivity index is 0.00000261. The number of amides is 1. The summed E-state index contributed by atoms with van der Waals surface area (Å²) < 4.78 is 25.0. The standard InChI is InChI=1S/C19H28N2O3S2.ClH/c1-3-12-26(23,24)18-7-5-4-6-17(18)25-14(2)19(22)21-11-10-15-8-9-16(13-21)20-15;/h4-7,14-16,20H,3,8-13H2,1-2H3;1H. The fourth-order valence-electron chi connectivity index (χ4n) is 3.82. The van der Waals surface area contributed by atoms with Gasteiger partial charge in [0.2, 0.25) is 5.91 Å². The highest BCUT2D eigenvalue weighted by atomic mass is 35.5. The minimum Gasteiger partial charge on any atom is -0.340 e. The summed E-state index contributed by atoms with van der Waals surface area (Å²) in [6.45, 7) is 5.29. The molecule has 2 aliphatic heterocycles. The van der Waals surface area contributed by atoms with Crippen LogP contribution < -0.4 is 5.32 Å². The second-order valence-corrected chi connectivity index (χ2v) is 10.7. The van der Waals surface area contributed by atoms with Crippen molar-refractivity contribution in [3.63, 3.8) is 0 Å². The van der Waals surface area contributed by atoms with Crippen molar-refractivity contribution in [1.82, 2.24) is 10.2 Å². The van der Waals surface area contributed by atoms with E-state index < -0.39 is 9.84 Å². The summed E-state index contributed by atoms with van der Waals surface area (Å²) in [4.78, 5) is 15.9. The van der Waals surface area contributed by atoms with Crippen LogP contribution >= 0.6 is 24.2 Å². The molecule has 2 bridgehead atoms. The minimum atomic E-state index is -3.31. The summed E-state index contributed by atoms with van der Waals surface area (Å²) in [5, 5.41) is 3.29. The molecule has 0 aliphatic carbocycles. The first-order valence-corrected chi connectivity index (χ1v) is 12.0. The topological polar surface area (TPSA) is 66.5 Å². The molecule has 1 aromatic carbocycles. The lowest BCUT2D eigenvalue weighted by atomic mass is 10.1. The Morgan fingerprint density at radius 1 is 1.26 bits per heavy atom. The summed E-state index contributed by atoms with van der Waals surface area (Å²) >= 11 is 1.36. The molecule has 2 aliphatic rings. The lowest BCUT2D eigenvalue weighted by molar-refractivity contribution is -0.130. The molecule has 2 fully saturated rings. The molecule has 1 N–H and O–H groups in total. The van der Waals surface area contributed by atoms with Gasteiger partial charge in [0.25, 0.3) is 0 Å². The molecule has 8 heteroatoms. The predicted octanol–water partition coefficient (Wildman–Crippen LogP) is 3.13. The first-order valence-electron chi connectivity index (χ1n) is 9.44. The molecule has 3 atom stereocenters. The van der Waals surface area contributed by atoms with Crippen LogP contribution in [0.1, 0.15) is 39.5 Å². The maximum atomic E-state index is 12.9. The van der Waals surface area contributed by atoms with Crippen LogP contribution in [-0.2, 0) is 14.6 Å². The number of hydrogen-bond acceptors (Lipinski definition) is 5. The number of rotatable bonds is 6. The van der Waals surface area contributed by atoms with Crippen LogP contribution in [-0.4, -0.2) is 55.4 Å². The monoisotopic (exact) mass is 432 g/mol. The molecule has 0 spiro atoms. The quantitative estimate of drug-likeness (QED) is 0.699. The number of sulfone groups is 1. The molecule has 2 heterocycles. The van der Waals surface area contributed by atoms with Gasteiger partial charge in [0.05, 0.1) is 15.9 Å². The molecule has 0 aromatic heterocycles. The van der Waals surface area contributed by atoms with Crippen molar-refractivity contribution in [2.24, 2.45) is 0 Å². The van der Waals surface area contributed by atoms with Crippen molar-refractivity contribution in [1.29, 1.82) is 0 Å². The minimum absolute atomic E-state index is 0. The van der Waals surface area contributed by atoms with Gasteiger partial charge >= 0.3 is 0 Å². The van der Waals surface area contributed by atoms with E-state index >= 15 is 0 Å². The highest BCUT2D eigenvalue weighted by Crippen LogP contribution is 2.32. The van der Waals surface area contributed by atoms with Crippen LogP contribution in [0.2, 0.25) is 0 Å². The number of hydrogen-bond donors (Lipinski definition) is 1. The van der Waals surface area contributed by atoms with Crippen molar-refractivity contribution >= 4 is 39.9 Å². The molecule has 0 radical (unpaired) electrons. The largest absolute Gasteiger partial charge is 0.340 e. The van der Waals surface area contributed by atoms with E-state index in [1.807, 2.05) is 30.9 Å². The van der Waals surface area contributed by atoms with E-state index in [0.29, 0.717) is 28.3 Å². The fourth-order valence-corrected chi connectivity index (χ4v) is 6.74. The van der Waals surface area contributed by atoms with Gasteiger partial charge in [-0.05, 0) is 44.7 Å². The lowest BCUT2D eigenvalue weighted by Gasteiger charge is -2.27. The molecule has 2 saturated heterocycles. The van der Waals surface area contributed by atoms with Gasteiger partial charge in [0.1, 0.15) is 0 Å². The Hall–Kier alpha value is -0.760. The summed E-state index contributed by atoms with van der Waals surface area (Å²) in [6, 6.07) is 7.99. The fraction of sp³-hybridized carbons (Fsp3) is 0.632. The Kier molecular flexibility index (Phi) is 8.04. The first kappa shape index (κ1) is 22.5. The zero-order chi connectivity index (χ0) is 18.7. The van der Waals surface area contributed by atoms with Gasteiger partial charge in [-0.2, -0.15) is 0 Å². The van der Waals surface area contributed by atoms with E-state index in [0.717, 1.165) is 25.9 Å². The maximum Gasteiger partial charge on any atom is 0.235 e. The van der Waals surface area contributed by atoms with Crippen LogP contribution in [0.15, 0.2) is 34.1 Å². The van der Waals surface area contributed by atoms with E-state index in [2.05, 4.69) is 5.32 Å². The molecule has 3 unspecified atom stereocenters. The van der Waals surface area contributed by atoms with E-state index in [1.165, 1.54) is 18.2 Å². The zero-order valence-electron chi connectivity index (χ0n) is 15.9. The zero-order valence-corrected chi connectivity index (χ0v) is 18.3. The number of nitrogens with zero attached hydrogens (tertiary/aromatic N) is 1. The van der Waals surface area contributed by atoms with Crippen molar-refractivity contribution in [2.45, 2.75) is 66.7 Å². The van der Waals surface area contributed by atoms with Gasteiger partial charge < -0.3 is 10.2 Å². The molecular formula is C19H29ClN2O3S2. The number of halogens is 1. The number of fused-ring (bicyclic) bond motifs is 2. The third kappa shape index (κ3) is 5.40. The number of benzene rings is 1. The molecule has 27 heavy (non-hydrogen) atoms. The summed E-state index contributed by atoms with van der Waals surface area (Å²) in [6.07, 6.45) is 3.92. The third-order valence-electron chi connectivity index (χ3n) is 5.14. The second kappa shape index (κ2) is 9.63. The smallest absolute Gasteiger partial charge is 0.235 e. The number of carbonyl (C=O) groups excluding carboxylic acids is 1. The Morgan fingerprint density at radius 3 is 2.70 bits per heavy atom. The lowest BCUT2D eigenvalue weighted by Crippen LogP contribution is -2.42. The van der Waals surface area contributed by atoms with Gasteiger partial charge in [-0.25, -0.2) is 8.42 Å². The van der Waals surface area contributed by atoms with Crippen molar-refractivity contribution in [2.75, 3.05) is 18.8 Å². The van der Waals surface area contributed by atoms with Crippen molar-refractivity contribution in [3.8, 4) is 0 Å². The summed E-state index contributed by atoms with van der Waals surface area (Å²) in [5.41, 5.74) is 0. The van der Waals surface area contributed by atoms with E-state index in [-0.39, 0.29) is 29.3 Å². The number of carbonyl (C=O) groups is 1. The predicted molar refractivity (Wildman–Crippen MR) is 112 cm³/mol. The summed E-state index contributed by atoms with van der Waals surface area (Å²) in [7, 11) is -3.31. The Morgan fingerprint density at radius 2 is 1.96 bits per heavy atom. The van der Waals surface area contributed by atoms with Crippen molar-refractivity contribution < 1.29 is 13.2 Å². The number of nitrogens with one attached hydrogen (secondary N) is 1. The molecule has 152 valence electrons. The Labute approximate surface area is 173 Å². The summed E-state index contributed by atoms with van der Waals surface area (Å²) in [5.74, 6) is 0.236. The third-order valence-corrected chi connectivity index (χ3v) is 8.41. The average Bonchev–Trinajstić information content (AvgIpc) is 2.93. The average molecular weight is 433 g/mol. The van der Waals surface area contributed by atoms with Crippen LogP contribution in [0, 0.1) is 0 Å². The molecule has 1 amide bonds. The van der Waals surface area contributed by atoms with Crippen LogP contribution in [0.5, 0.6) is 0 Å². The molecule has 0 saturated carbocycles. The van der Waals surface area contributed by atoms with Gasteiger partial charge in [0.15, 0.2) is 9.84 Å². The van der Waals surface area contributed by atoms with Crippen LogP contribution in [0.4, 0.5) is 0 Å². The second-order valence-electron chi connectivity index (χ2n) is 7.24. The van der Waals surface area contributed by atoms with Gasteiger partial charge in [-0.15, -0.1) is 24.2 Å². The van der Waals surface area contributed by atoms with Gasteiger partial charge in [-0.3, -0.25) is 4.79 Å². The van der Waals surface area contributed by atoms with Crippen LogP contribution in [0.25, 0.3) is 0 Å². The number of thioether (sulfide) groups is 1. The highest BCUT2D eigenvalue weighted by molar-refractivity contribution is 8.01. The molecule has 1 aromatic rings. The van der Waals surface area contributed by atoms with E-state index in [4.69, 9.17) is 0 Å². The van der Waals surface area contributed by atoms with Gasteiger partial charge in [0, 0.05) is 30.1 Å². The van der Waals surface area contributed by atoms with Crippen LogP contribution in [0.3, 0.4) is 0 Å². The first-order chi connectivity index (χ1) is 12.4. The Bertz CT molecular complexity index is 757. The molecular weight excluding hydrogens is 404 g/mol. The SMILES string of the molecule is CCCS(=O)(=O)c1ccccc1SC(C)C(=O)N1CCC2CCC(C1)N2.Cl. The van der Waals surface area contributed by atoms with Crippen molar-refractivity contribution in [3.05, 3.63) is 24.3 Å².